The Morgan fingerprint density at radius 2 is 1.90 bits per heavy atom. The fourth-order valence-electron chi connectivity index (χ4n) is 1.59. The topological polar surface area (TPSA) is 122 Å². The molecule has 9 heteroatoms. The van der Waals surface area contributed by atoms with Crippen LogP contribution in [-0.4, -0.2) is 23.4 Å². The number of aromatic nitrogens is 1. The minimum atomic E-state index is -3.79. The molecule has 1 heterocycles. The van der Waals surface area contributed by atoms with Crippen LogP contribution in [0.2, 0.25) is 0 Å². The van der Waals surface area contributed by atoms with E-state index in [1.165, 1.54) is 42.6 Å². The first-order valence-electron chi connectivity index (χ1n) is 5.75. The number of benzene rings is 1. The minimum Gasteiger partial charge on any atom is -0.504 e. The van der Waals surface area contributed by atoms with Crippen molar-refractivity contribution in [3.8, 4) is 5.75 Å². The zero-order valence-electron chi connectivity index (χ0n) is 10.6. The third-order valence-corrected chi connectivity index (χ3v) is 3.76. The maximum atomic E-state index is 11.9. The maximum absolute atomic E-state index is 11.9. The molecule has 1 aromatic heterocycles. The summed E-state index contributed by atoms with van der Waals surface area (Å²) in [5.41, 5.74) is 0.259. The van der Waals surface area contributed by atoms with E-state index >= 15 is 0 Å². The molecule has 0 unspecified atom stereocenters. The molecule has 0 aliphatic heterocycles. The zero-order chi connectivity index (χ0) is 15.5. The van der Waals surface area contributed by atoms with Crippen molar-refractivity contribution in [2.75, 3.05) is 4.72 Å². The van der Waals surface area contributed by atoms with E-state index in [0.717, 1.165) is 0 Å². The van der Waals surface area contributed by atoms with Gasteiger partial charge in [0.1, 0.15) is 0 Å². The lowest BCUT2D eigenvalue weighted by atomic mass is 10.2. The van der Waals surface area contributed by atoms with Gasteiger partial charge in [0, 0.05) is 18.3 Å². The van der Waals surface area contributed by atoms with E-state index in [1.54, 1.807) is 0 Å². The second-order valence-electron chi connectivity index (χ2n) is 4.16. The van der Waals surface area contributed by atoms with Crippen LogP contribution in [0.4, 0.5) is 11.5 Å². The number of hydrogen-bond acceptors (Lipinski definition) is 6. The van der Waals surface area contributed by atoms with Crippen molar-refractivity contribution < 1.29 is 18.4 Å². The number of nitro groups is 1. The molecule has 0 radical (unpaired) electrons. The number of sulfonamides is 1. The molecule has 0 saturated heterocycles. The highest BCUT2D eigenvalue weighted by Gasteiger charge is 2.15. The van der Waals surface area contributed by atoms with E-state index in [4.69, 9.17) is 0 Å². The quantitative estimate of drug-likeness (QED) is 0.639. The highest BCUT2D eigenvalue weighted by molar-refractivity contribution is 7.91. The predicted octanol–water partition coefficient (Wildman–Crippen LogP) is 1.64. The monoisotopic (exact) mass is 309 g/mol. The third-order valence-electron chi connectivity index (χ3n) is 2.54. The lowest BCUT2D eigenvalue weighted by molar-refractivity contribution is -0.384. The summed E-state index contributed by atoms with van der Waals surface area (Å²) < 4.78 is 26.0. The Hall–Kier alpha value is -2.68. The lowest BCUT2D eigenvalue weighted by Gasteiger charge is -2.08. The first kappa shape index (κ1) is 14.7. The fraction of sp³-hybridized carbons (Fsp3) is 0.0833. The van der Waals surface area contributed by atoms with E-state index in [2.05, 4.69) is 9.71 Å². The van der Waals surface area contributed by atoms with Gasteiger partial charge in [-0.2, -0.15) is 0 Å². The number of hydrogen-bond donors (Lipinski definition) is 2. The second-order valence-corrected chi connectivity index (χ2v) is 5.88. The van der Waals surface area contributed by atoms with Gasteiger partial charge in [0.2, 0.25) is 10.0 Å². The molecule has 2 rings (SSSR count). The molecule has 0 bridgehead atoms. The lowest BCUT2D eigenvalue weighted by Crippen LogP contribution is -2.16. The van der Waals surface area contributed by atoms with Crippen molar-refractivity contribution in [3.05, 3.63) is 58.3 Å². The van der Waals surface area contributed by atoms with Crippen LogP contribution in [0.25, 0.3) is 0 Å². The van der Waals surface area contributed by atoms with Crippen LogP contribution in [0, 0.1) is 10.1 Å². The Kier molecular flexibility index (Phi) is 4.03. The summed E-state index contributed by atoms with van der Waals surface area (Å²) in [4.78, 5) is 13.7. The van der Waals surface area contributed by atoms with Gasteiger partial charge in [0.15, 0.2) is 11.6 Å². The molecular formula is C12H11N3O5S. The Morgan fingerprint density at radius 1 is 1.24 bits per heavy atom. The SMILES string of the molecule is O=[N+]([O-])c1ccc(CS(=O)(=O)Nc2ncccc2O)cc1. The molecule has 0 aliphatic carbocycles. The summed E-state index contributed by atoms with van der Waals surface area (Å²) in [5, 5.41) is 20.0. The Bertz CT molecular complexity index is 759. The van der Waals surface area contributed by atoms with Gasteiger partial charge >= 0.3 is 0 Å². The summed E-state index contributed by atoms with van der Waals surface area (Å²) in [6, 6.07) is 7.93. The summed E-state index contributed by atoms with van der Waals surface area (Å²) in [6.07, 6.45) is 1.34. The van der Waals surface area contributed by atoms with Gasteiger partial charge in [-0.25, -0.2) is 13.4 Å². The molecule has 1 aromatic carbocycles. The van der Waals surface area contributed by atoms with Crippen LogP contribution in [0.1, 0.15) is 5.56 Å². The van der Waals surface area contributed by atoms with Gasteiger partial charge in [-0.1, -0.05) is 12.1 Å². The van der Waals surface area contributed by atoms with E-state index in [1.807, 2.05) is 0 Å². The van der Waals surface area contributed by atoms with Crippen molar-refractivity contribution in [1.29, 1.82) is 0 Å². The molecule has 0 atom stereocenters. The first-order valence-corrected chi connectivity index (χ1v) is 7.40. The molecule has 0 spiro atoms. The normalized spacial score (nSPS) is 11.0. The predicted molar refractivity (Wildman–Crippen MR) is 75.2 cm³/mol. The molecule has 2 N–H and O–H groups in total. The first-order chi connectivity index (χ1) is 9.87. The fourth-order valence-corrected chi connectivity index (χ4v) is 2.75. The van der Waals surface area contributed by atoms with Crippen LogP contribution < -0.4 is 4.72 Å². The Labute approximate surface area is 120 Å². The van der Waals surface area contributed by atoms with Gasteiger partial charge in [-0.15, -0.1) is 0 Å². The molecule has 0 saturated carbocycles. The smallest absolute Gasteiger partial charge is 0.269 e. The van der Waals surface area contributed by atoms with Crippen LogP contribution in [0.5, 0.6) is 5.75 Å². The Balaban J connectivity index is 2.14. The molecule has 110 valence electrons. The van der Waals surface area contributed by atoms with Crippen LogP contribution in [-0.2, 0) is 15.8 Å². The van der Waals surface area contributed by atoms with Crippen molar-refractivity contribution in [3.63, 3.8) is 0 Å². The van der Waals surface area contributed by atoms with Gasteiger partial charge in [0.05, 0.1) is 10.7 Å². The standard InChI is InChI=1S/C12H11N3O5S/c16-11-2-1-7-13-12(11)14-21(19,20)8-9-3-5-10(6-4-9)15(17)18/h1-7,16H,8H2,(H,13,14). The van der Waals surface area contributed by atoms with E-state index in [0.29, 0.717) is 5.56 Å². The van der Waals surface area contributed by atoms with Gasteiger partial charge in [-0.3, -0.25) is 14.8 Å². The maximum Gasteiger partial charge on any atom is 0.269 e. The number of nitrogens with zero attached hydrogens (tertiary/aromatic N) is 2. The number of nitrogens with one attached hydrogen (secondary N) is 1. The number of rotatable bonds is 5. The van der Waals surface area contributed by atoms with Crippen molar-refractivity contribution in [2.45, 2.75) is 5.75 Å². The van der Waals surface area contributed by atoms with Crippen LogP contribution in [0.15, 0.2) is 42.6 Å². The number of aromatic hydroxyl groups is 1. The zero-order valence-corrected chi connectivity index (χ0v) is 11.4. The average molecular weight is 309 g/mol. The van der Waals surface area contributed by atoms with Crippen molar-refractivity contribution >= 4 is 21.5 Å². The van der Waals surface area contributed by atoms with E-state index in [-0.39, 0.29) is 23.0 Å². The van der Waals surface area contributed by atoms with Gasteiger partial charge in [-0.05, 0) is 17.7 Å². The van der Waals surface area contributed by atoms with Gasteiger partial charge < -0.3 is 5.11 Å². The molecular weight excluding hydrogens is 298 g/mol. The largest absolute Gasteiger partial charge is 0.504 e. The molecule has 0 aliphatic rings. The summed E-state index contributed by atoms with van der Waals surface area (Å²) >= 11 is 0. The number of anilines is 1. The van der Waals surface area contributed by atoms with Gasteiger partial charge in [0.25, 0.3) is 5.69 Å². The summed E-state index contributed by atoms with van der Waals surface area (Å²) in [5.74, 6) is -0.842. The highest BCUT2D eigenvalue weighted by atomic mass is 32.2. The molecule has 8 nitrogen and oxygen atoms in total. The summed E-state index contributed by atoms with van der Waals surface area (Å²) in [6.45, 7) is 0. The minimum absolute atomic E-state index is 0.119. The number of non-ortho nitro benzene ring substituents is 1. The molecule has 21 heavy (non-hydrogen) atoms. The van der Waals surface area contributed by atoms with E-state index in [9.17, 15) is 23.6 Å². The van der Waals surface area contributed by atoms with Crippen molar-refractivity contribution in [1.82, 2.24) is 4.98 Å². The Morgan fingerprint density at radius 3 is 2.48 bits per heavy atom. The molecule has 0 fully saturated rings. The van der Waals surface area contributed by atoms with Crippen LogP contribution in [0.3, 0.4) is 0 Å². The van der Waals surface area contributed by atoms with Crippen molar-refractivity contribution in [2.24, 2.45) is 0 Å². The number of pyridine rings is 1. The van der Waals surface area contributed by atoms with E-state index < -0.39 is 14.9 Å². The average Bonchev–Trinajstić information content (AvgIpc) is 2.41. The summed E-state index contributed by atoms with van der Waals surface area (Å²) in [7, 11) is -3.79. The molecule has 2 aromatic rings. The van der Waals surface area contributed by atoms with Crippen LogP contribution >= 0.6 is 0 Å². The highest BCUT2D eigenvalue weighted by Crippen LogP contribution is 2.21. The third kappa shape index (κ3) is 3.89. The second kappa shape index (κ2) is 5.75. The number of nitro benzene ring substituents is 1. The molecule has 0 amide bonds.